The summed E-state index contributed by atoms with van der Waals surface area (Å²) in [5, 5.41) is 3.22. The number of hydrogen-bond acceptors (Lipinski definition) is 3. The number of anilines is 1. The molecule has 2 rings (SSSR count). The van der Waals surface area contributed by atoms with Crippen molar-refractivity contribution in [3.05, 3.63) is 60.2 Å². The molecular formula is C16H20N2O2S. The summed E-state index contributed by atoms with van der Waals surface area (Å²) in [4.78, 5) is 0.278. The van der Waals surface area contributed by atoms with Gasteiger partial charge in [-0.15, -0.1) is 0 Å². The Labute approximate surface area is 126 Å². The van der Waals surface area contributed by atoms with Crippen LogP contribution in [0, 0.1) is 0 Å². The number of benzene rings is 2. The van der Waals surface area contributed by atoms with Crippen LogP contribution in [0.25, 0.3) is 0 Å². The summed E-state index contributed by atoms with van der Waals surface area (Å²) in [6, 6.07) is 16.3. The fraction of sp³-hybridized carbons (Fsp3) is 0.250. The Morgan fingerprint density at radius 3 is 2.24 bits per heavy atom. The van der Waals surface area contributed by atoms with Gasteiger partial charge in [0.05, 0.1) is 4.90 Å². The van der Waals surface area contributed by atoms with Crippen molar-refractivity contribution in [3.63, 3.8) is 0 Å². The highest BCUT2D eigenvalue weighted by Crippen LogP contribution is 2.14. The molecule has 0 radical (unpaired) electrons. The third-order valence-electron chi connectivity index (χ3n) is 3.05. The Morgan fingerprint density at radius 1 is 0.952 bits per heavy atom. The first-order chi connectivity index (χ1) is 10.1. The largest absolute Gasteiger partial charge is 0.385 e. The molecule has 0 aliphatic carbocycles. The van der Waals surface area contributed by atoms with E-state index in [0.717, 1.165) is 24.2 Å². The molecule has 0 amide bonds. The molecule has 0 saturated heterocycles. The van der Waals surface area contributed by atoms with E-state index in [-0.39, 0.29) is 4.90 Å². The molecule has 0 spiro atoms. The molecule has 0 atom stereocenters. The van der Waals surface area contributed by atoms with Crippen molar-refractivity contribution < 1.29 is 8.42 Å². The summed E-state index contributed by atoms with van der Waals surface area (Å²) < 4.78 is 27.0. The topological polar surface area (TPSA) is 58.2 Å². The maximum Gasteiger partial charge on any atom is 0.240 e. The first-order valence-corrected chi connectivity index (χ1v) is 8.47. The zero-order valence-corrected chi connectivity index (χ0v) is 12.9. The Morgan fingerprint density at radius 2 is 1.62 bits per heavy atom. The van der Waals surface area contributed by atoms with Crippen molar-refractivity contribution in [3.8, 4) is 0 Å². The van der Waals surface area contributed by atoms with Gasteiger partial charge in [0, 0.05) is 18.8 Å². The van der Waals surface area contributed by atoms with Gasteiger partial charge in [0.25, 0.3) is 0 Å². The lowest BCUT2D eigenvalue weighted by atomic mass is 10.2. The lowest BCUT2D eigenvalue weighted by molar-refractivity contribution is 0.581. The summed E-state index contributed by atoms with van der Waals surface area (Å²) in [6.07, 6.45) is 1.03. The van der Waals surface area contributed by atoms with Crippen LogP contribution in [-0.4, -0.2) is 15.0 Å². The van der Waals surface area contributed by atoms with Crippen molar-refractivity contribution in [1.82, 2.24) is 4.72 Å². The van der Waals surface area contributed by atoms with Gasteiger partial charge in [0.15, 0.2) is 0 Å². The molecule has 21 heavy (non-hydrogen) atoms. The van der Waals surface area contributed by atoms with Crippen molar-refractivity contribution in [1.29, 1.82) is 0 Å². The zero-order chi connectivity index (χ0) is 15.1. The minimum Gasteiger partial charge on any atom is -0.385 e. The number of nitrogens with one attached hydrogen (secondary N) is 2. The van der Waals surface area contributed by atoms with E-state index in [1.807, 2.05) is 30.3 Å². The molecule has 0 heterocycles. The molecular weight excluding hydrogens is 284 g/mol. The summed E-state index contributed by atoms with van der Waals surface area (Å²) in [5.74, 6) is 0. The van der Waals surface area contributed by atoms with Crippen LogP contribution in [0.2, 0.25) is 0 Å². The first kappa shape index (κ1) is 15.5. The number of rotatable bonds is 7. The normalized spacial score (nSPS) is 11.3. The Bertz CT molecular complexity index is 652. The van der Waals surface area contributed by atoms with Gasteiger partial charge in [-0.3, -0.25) is 0 Å². The van der Waals surface area contributed by atoms with Gasteiger partial charge in [0.1, 0.15) is 0 Å². The summed E-state index contributed by atoms with van der Waals surface area (Å²) >= 11 is 0. The van der Waals surface area contributed by atoms with Crippen molar-refractivity contribution in [2.45, 2.75) is 24.8 Å². The van der Waals surface area contributed by atoms with E-state index in [1.165, 1.54) is 0 Å². The molecule has 0 aliphatic rings. The molecule has 0 bridgehead atoms. The summed E-state index contributed by atoms with van der Waals surface area (Å²) in [6.45, 7) is 3.25. The van der Waals surface area contributed by atoms with Gasteiger partial charge in [-0.1, -0.05) is 37.3 Å². The second kappa shape index (κ2) is 7.24. The van der Waals surface area contributed by atoms with E-state index in [9.17, 15) is 8.42 Å². The highest BCUT2D eigenvalue weighted by atomic mass is 32.2. The molecule has 4 nitrogen and oxygen atoms in total. The molecule has 0 fully saturated rings. The average molecular weight is 304 g/mol. The lowest BCUT2D eigenvalue weighted by Gasteiger charge is -2.09. The van der Waals surface area contributed by atoms with Crippen molar-refractivity contribution in [2.24, 2.45) is 0 Å². The number of hydrogen-bond donors (Lipinski definition) is 2. The number of sulfonamides is 1. The molecule has 2 N–H and O–H groups in total. The molecule has 0 aromatic heterocycles. The molecule has 0 saturated carbocycles. The summed E-state index contributed by atoms with van der Waals surface area (Å²) in [7, 11) is -3.47. The molecule has 2 aromatic rings. The summed E-state index contributed by atoms with van der Waals surface area (Å²) in [5.41, 5.74) is 1.86. The molecule has 5 heteroatoms. The van der Waals surface area contributed by atoms with Crippen LogP contribution in [0.3, 0.4) is 0 Å². The van der Waals surface area contributed by atoms with Gasteiger partial charge in [-0.25, -0.2) is 13.1 Å². The van der Waals surface area contributed by atoms with Crippen molar-refractivity contribution >= 4 is 15.7 Å². The second-order valence-electron chi connectivity index (χ2n) is 4.76. The smallest absolute Gasteiger partial charge is 0.240 e. The molecule has 0 aliphatic heterocycles. The van der Waals surface area contributed by atoms with Gasteiger partial charge in [0.2, 0.25) is 10.0 Å². The zero-order valence-electron chi connectivity index (χ0n) is 12.0. The van der Waals surface area contributed by atoms with Gasteiger partial charge in [-0.05, 0) is 36.2 Å². The van der Waals surface area contributed by atoms with E-state index in [4.69, 9.17) is 0 Å². The SMILES string of the molecule is CCCNc1ccc(S(=O)(=O)NCc2ccccc2)cc1. The standard InChI is InChI=1S/C16H20N2O2S/c1-2-12-17-15-8-10-16(11-9-15)21(19,20)18-13-14-6-4-3-5-7-14/h3-11,17-18H,2,12-13H2,1H3. The maximum atomic E-state index is 12.2. The minimum atomic E-state index is -3.47. The predicted octanol–water partition coefficient (Wildman–Crippen LogP) is 2.99. The van der Waals surface area contributed by atoms with Crippen LogP contribution < -0.4 is 10.0 Å². The van der Waals surface area contributed by atoms with Crippen LogP contribution in [0.5, 0.6) is 0 Å². The van der Waals surface area contributed by atoms with Crippen LogP contribution in [0.15, 0.2) is 59.5 Å². The van der Waals surface area contributed by atoms with Gasteiger partial charge in [-0.2, -0.15) is 0 Å². The second-order valence-corrected chi connectivity index (χ2v) is 6.53. The monoisotopic (exact) mass is 304 g/mol. The predicted molar refractivity (Wildman–Crippen MR) is 85.7 cm³/mol. The molecule has 2 aromatic carbocycles. The molecule has 112 valence electrons. The highest BCUT2D eigenvalue weighted by molar-refractivity contribution is 7.89. The quantitative estimate of drug-likeness (QED) is 0.827. The van der Waals surface area contributed by atoms with E-state index in [2.05, 4.69) is 17.0 Å². The fourth-order valence-corrected chi connectivity index (χ4v) is 2.90. The molecule has 0 unspecified atom stereocenters. The van der Waals surface area contributed by atoms with Gasteiger partial charge >= 0.3 is 0 Å². The van der Waals surface area contributed by atoms with E-state index >= 15 is 0 Å². The third kappa shape index (κ3) is 4.58. The minimum absolute atomic E-state index is 0.278. The van der Waals surface area contributed by atoms with Crippen LogP contribution in [-0.2, 0) is 16.6 Å². The van der Waals surface area contributed by atoms with Gasteiger partial charge < -0.3 is 5.32 Å². The average Bonchev–Trinajstić information content (AvgIpc) is 2.52. The first-order valence-electron chi connectivity index (χ1n) is 6.99. The lowest BCUT2D eigenvalue weighted by Crippen LogP contribution is -2.23. The Hall–Kier alpha value is -1.85. The highest BCUT2D eigenvalue weighted by Gasteiger charge is 2.13. The van der Waals surface area contributed by atoms with Crippen LogP contribution in [0.4, 0.5) is 5.69 Å². The fourth-order valence-electron chi connectivity index (χ4n) is 1.88. The maximum absolute atomic E-state index is 12.2. The van der Waals surface area contributed by atoms with E-state index < -0.39 is 10.0 Å². The Balaban J connectivity index is 2.02. The Kier molecular flexibility index (Phi) is 5.36. The third-order valence-corrected chi connectivity index (χ3v) is 4.47. The van der Waals surface area contributed by atoms with E-state index in [1.54, 1.807) is 24.3 Å². The van der Waals surface area contributed by atoms with Crippen molar-refractivity contribution in [2.75, 3.05) is 11.9 Å². The van der Waals surface area contributed by atoms with Crippen LogP contribution in [0.1, 0.15) is 18.9 Å². The van der Waals surface area contributed by atoms with E-state index in [0.29, 0.717) is 6.54 Å². The van der Waals surface area contributed by atoms with Crippen LogP contribution >= 0.6 is 0 Å².